The van der Waals surface area contributed by atoms with Crippen molar-refractivity contribution in [2.24, 2.45) is 0 Å². The lowest BCUT2D eigenvalue weighted by Gasteiger charge is -2.28. The van der Waals surface area contributed by atoms with Gasteiger partial charge < -0.3 is 15.2 Å². The van der Waals surface area contributed by atoms with Crippen LogP contribution >= 0.6 is 0 Å². The van der Waals surface area contributed by atoms with Crippen LogP contribution in [-0.4, -0.2) is 30.4 Å². The Morgan fingerprint density at radius 1 is 1.14 bits per heavy atom. The number of benzene rings is 1. The van der Waals surface area contributed by atoms with E-state index < -0.39 is 0 Å². The number of hydrogen-bond donors (Lipinski definition) is 2. The van der Waals surface area contributed by atoms with Crippen molar-refractivity contribution in [1.82, 2.24) is 5.32 Å². The Morgan fingerprint density at radius 2 is 1.81 bits per heavy atom. The Hall–Kier alpha value is -1.06. The van der Waals surface area contributed by atoms with Crippen molar-refractivity contribution in [2.75, 3.05) is 19.8 Å². The molecule has 0 aromatic heterocycles. The Kier molecular flexibility index (Phi) is 7.76. The van der Waals surface area contributed by atoms with E-state index in [1.165, 1.54) is 11.1 Å². The maximum absolute atomic E-state index is 9.51. The zero-order valence-corrected chi connectivity index (χ0v) is 14.0. The van der Waals surface area contributed by atoms with Crippen LogP contribution in [-0.2, 0) is 0 Å². The monoisotopic (exact) mass is 293 g/mol. The fourth-order valence-corrected chi connectivity index (χ4v) is 2.47. The van der Waals surface area contributed by atoms with Gasteiger partial charge in [0.25, 0.3) is 0 Å². The quantitative estimate of drug-likeness (QED) is 0.648. The highest BCUT2D eigenvalue weighted by Gasteiger charge is 2.21. The third-order valence-electron chi connectivity index (χ3n) is 3.74. The topological polar surface area (TPSA) is 41.5 Å². The summed E-state index contributed by atoms with van der Waals surface area (Å²) in [7, 11) is 0. The smallest absolute Gasteiger partial charge is 0.119 e. The average molecular weight is 293 g/mol. The predicted molar refractivity (Wildman–Crippen MR) is 89.0 cm³/mol. The number of aliphatic hydroxyl groups excluding tert-OH is 1. The molecule has 2 N–H and O–H groups in total. The number of aliphatic hydroxyl groups is 1. The first-order chi connectivity index (χ1) is 9.99. The van der Waals surface area contributed by atoms with Gasteiger partial charge in [-0.05, 0) is 76.3 Å². The Bertz CT molecular complexity index is 399. The van der Waals surface area contributed by atoms with E-state index in [1.54, 1.807) is 0 Å². The molecule has 0 aliphatic heterocycles. The van der Waals surface area contributed by atoms with Crippen LogP contribution in [0.4, 0.5) is 0 Å². The number of nitrogens with one attached hydrogen (secondary N) is 1. The Labute approximate surface area is 129 Å². The van der Waals surface area contributed by atoms with Crippen LogP contribution in [0.5, 0.6) is 5.75 Å². The molecule has 3 nitrogen and oxygen atoms in total. The summed E-state index contributed by atoms with van der Waals surface area (Å²) >= 11 is 0. The summed E-state index contributed by atoms with van der Waals surface area (Å²) in [6, 6.07) is 6.31. The average Bonchev–Trinajstić information content (AvgIpc) is 2.44. The molecule has 0 fully saturated rings. The third-order valence-corrected chi connectivity index (χ3v) is 3.74. The molecular formula is C18H31NO2. The van der Waals surface area contributed by atoms with Gasteiger partial charge >= 0.3 is 0 Å². The van der Waals surface area contributed by atoms with Crippen molar-refractivity contribution < 1.29 is 9.84 Å². The zero-order chi connectivity index (χ0) is 15.7. The molecule has 0 aliphatic carbocycles. The largest absolute Gasteiger partial charge is 0.494 e. The number of unbranched alkanes of at least 4 members (excludes halogenated alkanes) is 1. The van der Waals surface area contributed by atoms with Crippen molar-refractivity contribution in [2.45, 2.75) is 58.9 Å². The van der Waals surface area contributed by atoms with Crippen LogP contribution in [0, 0.1) is 13.8 Å². The third kappa shape index (κ3) is 6.96. The second kappa shape index (κ2) is 9.06. The van der Waals surface area contributed by atoms with E-state index in [2.05, 4.69) is 51.2 Å². The molecule has 1 unspecified atom stereocenters. The molecule has 0 bridgehead atoms. The number of hydrogen-bond acceptors (Lipinski definition) is 3. The minimum absolute atomic E-state index is 0.157. The minimum atomic E-state index is -0.157. The summed E-state index contributed by atoms with van der Waals surface area (Å²) in [6.07, 6.45) is 4.13. The molecule has 0 amide bonds. The number of rotatable bonds is 10. The normalized spacial score (nSPS) is 14.0. The minimum Gasteiger partial charge on any atom is -0.494 e. The summed E-state index contributed by atoms with van der Waals surface area (Å²) < 4.78 is 5.81. The first kappa shape index (κ1) is 18.0. The van der Waals surface area contributed by atoms with Gasteiger partial charge in [0.1, 0.15) is 5.75 Å². The van der Waals surface area contributed by atoms with Crippen LogP contribution in [0.15, 0.2) is 18.2 Å². The van der Waals surface area contributed by atoms with Gasteiger partial charge in [0.2, 0.25) is 0 Å². The maximum Gasteiger partial charge on any atom is 0.119 e. The molecule has 120 valence electrons. The van der Waals surface area contributed by atoms with Crippen molar-refractivity contribution in [3.63, 3.8) is 0 Å². The molecule has 0 saturated heterocycles. The summed E-state index contributed by atoms with van der Waals surface area (Å²) in [5, 5.41) is 12.9. The van der Waals surface area contributed by atoms with Gasteiger partial charge in [0.05, 0.1) is 13.2 Å². The van der Waals surface area contributed by atoms with Crippen molar-refractivity contribution in [3.05, 3.63) is 29.3 Å². The van der Waals surface area contributed by atoms with E-state index in [9.17, 15) is 5.11 Å². The molecule has 0 aliphatic rings. The highest BCUT2D eigenvalue weighted by Crippen LogP contribution is 2.17. The van der Waals surface area contributed by atoms with E-state index in [1.807, 2.05) is 0 Å². The first-order valence-electron chi connectivity index (χ1n) is 8.06. The van der Waals surface area contributed by atoms with E-state index in [0.29, 0.717) is 0 Å². The summed E-state index contributed by atoms with van der Waals surface area (Å²) in [5.74, 6) is 0.960. The Morgan fingerprint density at radius 3 is 2.38 bits per heavy atom. The lowest BCUT2D eigenvalue weighted by molar-refractivity contribution is 0.160. The zero-order valence-electron chi connectivity index (χ0n) is 14.0. The fourth-order valence-electron chi connectivity index (χ4n) is 2.47. The van der Waals surface area contributed by atoms with Gasteiger partial charge in [-0.1, -0.05) is 13.0 Å². The van der Waals surface area contributed by atoms with Gasteiger partial charge in [-0.25, -0.2) is 0 Å². The summed E-state index contributed by atoms with van der Waals surface area (Å²) in [5.41, 5.74) is 2.32. The molecule has 3 heteroatoms. The fraction of sp³-hybridized carbons (Fsp3) is 0.667. The molecule has 21 heavy (non-hydrogen) atoms. The second-order valence-corrected chi connectivity index (χ2v) is 6.27. The van der Waals surface area contributed by atoms with Gasteiger partial charge in [0.15, 0.2) is 0 Å². The van der Waals surface area contributed by atoms with Crippen molar-refractivity contribution >= 4 is 0 Å². The summed E-state index contributed by atoms with van der Waals surface area (Å²) in [4.78, 5) is 0. The highest BCUT2D eigenvalue weighted by atomic mass is 16.5. The van der Waals surface area contributed by atoms with E-state index >= 15 is 0 Å². The summed E-state index contributed by atoms with van der Waals surface area (Å²) in [6.45, 7) is 10.3. The first-order valence-corrected chi connectivity index (χ1v) is 8.06. The maximum atomic E-state index is 9.51. The van der Waals surface area contributed by atoms with Crippen LogP contribution in [0.25, 0.3) is 0 Å². The number of aryl methyl sites for hydroxylation is 2. The Balaban J connectivity index is 2.27. The van der Waals surface area contributed by atoms with Crippen LogP contribution in [0.3, 0.4) is 0 Å². The second-order valence-electron chi connectivity index (χ2n) is 6.27. The van der Waals surface area contributed by atoms with Gasteiger partial charge in [-0.15, -0.1) is 0 Å². The van der Waals surface area contributed by atoms with E-state index in [4.69, 9.17) is 4.74 Å². The molecule has 1 aromatic carbocycles. The van der Waals surface area contributed by atoms with Crippen molar-refractivity contribution in [1.29, 1.82) is 0 Å². The lowest BCUT2D eigenvalue weighted by Crippen LogP contribution is -2.46. The molecule has 0 radical (unpaired) electrons. The molecule has 1 atom stereocenters. The number of ether oxygens (including phenoxy) is 1. The van der Waals surface area contributed by atoms with Gasteiger partial charge in [-0.3, -0.25) is 0 Å². The standard InChI is InChI=1S/C18H31NO2/c1-5-9-19-18(4,14-20)8-6-7-10-21-17-12-15(2)11-16(3)13-17/h11-13,19-20H,5-10,14H2,1-4H3. The van der Waals surface area contributed by atoms with Gasteiger partial charge in [-0.2, -0.15) is 0 Å². The molecule has 1 rings (SSSR count). The predicted octanol–water partition coefficient (Wildman–Crippen LogP) is 3.60. The van der Waals surface area contributed by atoms with Crippen LogP contribution < -0.4 is 10.1 Å². The molecule has 1 aromatic rings. The molecular weight excluding hydrogens is 262 g/mol. The van der Waals surface area contributed by atoms with E-state index in [-0.39, 0.29) is 12.1 Å². The molecule has 0 heterocycles. The lowest BCUT2D eigenvalue weighted by atomic mass is 9.95. The molecule has 0 spiro atoms. The van der Waals surface area contributed by atoms with Gasteiger partial charge in [0, 0.05) is 5.54 Å². The van der Waals surface area contributed by atoms with E-state index in [0.717, 1.165) is 44.6 Å². The van der Waals surface area contributed by atoms with Crippen LogP contribution in [0.1, 0.15) is 50.7 Å². The SMILES string of the molecule is CCCNC(C)(CO)CCCCOc1cc(C)cc(C)c1. The molecule has 0 saturated carbocycles. The van der Waals surface area contributed by atoms with Crippen LogP contribution in [0.2, 0.25) is 0 Å². The van der Waals surface area contributed by atoms with Crippen molar-refractivity contribution in [3.8, 4) is 5.75 Å². The highest BCUT2D eigenvalue weighted by molar-refractivity contribution is 5.32.